The average Bonchev–Trinajstić information content (AvgIpc) is 2.34. The second kappa shape index (κ2) is 5.56. The van der Waals surface area contributed by atoms with Crippen molar-refractivity contribution < 1.29 is 22.7 Å². The molecule has 0 fully saturated rings. The predicted octanol–water partition coefficient (Wildman–Crippen LogP) is 2.47. The minimum Gasteiger partial charge on any atom is -0.467 e. The summed E-state index contributed by atoms with van der Waals surface area (Å²) in [5.74, 6) is -4.81. The lowest BCUT2D eigenvalue weighted by Crippen LogP contribution is -2.30. The van der Waals surface area contributed by atoms with E-state index in [4.69, 9.17) is 0 Å². The number of nitrogens with one attached hydrogen (secondary N) is 1. The van der Waals surface area contributed by atoms with Gasteiger partial charge in [0.05, 0.1) is 12.8 Å². The van der Waals surface area contributed by atoms with E-state index in [1.807, 2.05) is 0 Å². The van der Waals surface area contributed by atoms with Gasteiger partial charge in [0.2, 0.25) is 0 Å². The maximum atomic E-state index is 13.3. The van der Waals surface area contributed by atoms with Crippen LogP contribution in [0.3, 0.4) is 0 Å². The zero-order valence-electron chi connectivity index (χ0n) is 9.39. The summed E-state index contributed by atoms with van der Waals surface area (Å²) in [7, 11) is 1.19. The number of benzene rings is 1. The van der Waals surface area contributed by atoms with E-state index in [2.05, 4.69) is 10.1 Å². The van der Waals surface area contributed by atoms with Crippen LogP contribution < -0.4 is 5.32 Å². The molecule has 0 bridgehead atoms. The fourth-order valence-corrected chi connectivity index (χ4v) is 1.29. The molecule has 1 rings (SSSR count). The highest BCUT2D eigenvalue weighted by Crippen LogP contribution is 2.20. The Labute approximate surface area is 96.6 Å². The Hall–Kier alpha value is -1.72. The molecule has 0 aromatic heterocycles. The van der Waals surface area contributed by atoms with E-state index < -0.39 is 29.5 Å². The van der Waals surface area contributed by atoms with Crippen LogP contribution in [0.15, 0.2) is 12.1 Å². The second-order valence-electron chi connectivity index (χ2n) is 3.35. The molecule has 0 aliphatic heterocycles. The zero-order chi connectivity index (χ0) is 13.0. The molecule has 94 valence electrons. The van der Waals surface area contributed by atoms with Gasteiger partial charge in [0, 0.05) is 0 Å². The van der Waals surface area contributed by atoms with Gasteiger partial charge in [0.25, 0.3) is 0 Å². The summed E-state index contributed by atoms with van der Waals surface area (Å²) < 4.78 is 43.4. The Kier molecular flexibility index (Phi) is 4.37. The number of hydrogen-bond acceptors (Lipinski definition) is 3. The first-order valence-corrected chi connectivity index (χ1v) is 4.99. The molecule has 1 aromatic carbocycles. The number of anilines is 1. The summed E-state index contributed by atoms with van der Waals surface area (Å²) in [6, 6.07) is 1.00. The molecule has 0 saturated carbocycles. The highest BCUT2D eigenvalue weighted by atomic mass is 19.2. The lowest BCUT2D eigenvalue weighted by Gasteiger charge is -2.16. The van der Waals surface area contributed by atoms with Crippen LogP contribution in [0.2, 0.25) is 0 Å². The van der Waals surface area contributed by atoms with Crippen molar-refractivity contribution in [2.75, 3.05) is 12.4 Å². The molecule has 0 heterocycles. The maximum Gasteiger partial charge on any atom is 0.328 e. The van der Waals surface area contributed by atoms with Gasteiger partial charge in [0.1, 0.15) is 6.04 Å². The molecule has 0 amide bonds. The zero-order valence-corrected chi connectivity index (χ0v) is 9.39. The van der Waals surface area contributed by atoms with Crippen molar-refractivity contribution in [2.24, 2.45) is 0 Å². The molecule has 0 aliphatic rings. The van der Waals surface area contributed by atoms with Crippen LogP contribution in [0.4, 0.5) is 18.9 Å². The molecule has 6 heteroatoms. The number of hydrogen-bond donors (Lipinski definition) is 1. The molecular weight excluding hydrogens is 235 g/mol. The molecule has 1 N–H and O–H groups in total. The first-order chi connectivity index (χ1) is 8.01. The van der Waals surface area contributed by atoms with Crippen LogP contribution in [-0.2, 0) is 9.53 Å². The molecule has 1 unspecified atom stereocenters. The van der Waals surface area contributed by atoms with Gasteiger partial charge in [0.15, 0.2) is 17.5 Å². The number of rotatable bonds is 4. The third-order valence-corrected chi connectivity index (χ3v) is 2.26. The van der Waals surface area contributed by atoms with E-state index in [-0.39, 0.29) is 5.69 Å². The standard InChI is InChI=1S/C11H12F3NO2/c1-3-7(11(16)17-2)15-8-5-4-6(12)9(13)10(8)14/h4-5,7,15H,3H2,1-2H3. The first-order valence-electron chi connectivity index (χ1n) is 4.99. The molecule has 1 atom stereocenters. The van der Waals surface area contributed by atoms with E-state index in [0.717, 1.165) is 12.1 Å². The van der Waals surface area contributed by atoms with Crippen molar-refractivity contribution in [2.45, 2.75) is 19.4 Å². The van der Waals surface area contributed by atoms with Crippen LogP contribution >= 0.6 is 0 Å². The fraction of sp³-hybridized carbons (Fsp3) is 0.364. The molecule has 0 radical (unpaired) electrons. The van der Waals surface area contributed by atoms with E-state index in [0.29, 0.717) is 6.42 Å². The van der Waals surface area contributed by atoms with Crippen molar-refractivity contribution in [3.05, 3.63) is 29.6 Å². The highest BCUT2D eigenvalue weighted by molar-refractivity contribution is 5.79. The lowest BCUT2D eigenvalue weighted by molar-refractivity contribution is -0.141. The third kappa shape index (κ3) is 2.89. The van der Waals surface area contributed by atoms with Gasteiger partial charge >= 0.3 is 5.97 Å². The lowest BCUT2D eigenvalue weighted by atomic mass is 10.2. The van der Waals surface area contributed by atoms with Crippen LogP contribution in [0, 0.1) is 17.5 Å². The van der Waals surface area contributed by atoms with Crippen molar-refractivity contribution in [1.82, 2.24) is 0 Å². The van der Waals surface area contributed by atoms with Crippen LogP contribution in [0.25, 0.3) is 0 Å². The predicted molar refractivity (Wildman–Crippen MR) is 56.0 cm³/mol. The Morgan fingerprint density at radius 3 is 2.53 bits per heavy atom. The monoisotopic (exact) mass is 247 g/mol. The van der Waals surface area contributed by atoms with Gasteiger partial charge in [-0.2, -0.15) is 0 Å². The summed E-state index contributed by atoms with van der Waals surface area (Å²) in [5.41, 5.74) is -0.277. The summed E-state index contributed by atoms with van der Waals surface area (Å²) >= 11 is 0. The van der Waals surface area contributed by atoms with Crippen LogP contribution in [0.5, 0.6) is 0 Å². The molecule has 1 aromatic rings. The third-order valence-electron chi connectivity index (χ3n) is 2.26. The Bertz CT molecular complexity index is 423. The second-order valence-corrected chi connectivity index (χ2v) is 3.35. The maximum absolute atomic E-state index is 13.3. The van der Waals surface area contributed by atoms with Gasteiger partial charge in [-0.05, 0) is 18.6 Å². The van der Waals surface area contributed by atoms with Gasteiger partial charge in [-0.25, -0.2) is 18.0 Å². The molecule has 3 nitrogen and oxygen atoms in total. The number of halogens is 3. The van der Waals surface area contributed by atoms with Crippen molar-refractivity contribution in [3.63, 3.8) is 0 Å². The Morgan fingerprint density at radius 2 is 2.00 bits per heavy atom. The Balaban J connectivity index is 2.95. The van der Waals surface area contributed by atoms with Gasteiger partial charge < -0.3 is 10.1 Å². The minimum absolute atomic E-state index is 0.277. The average molecular weight is 247 g/mol. The molecular formula is C11H12F3NO2. The largest absolute Gasteiger partial charge is 0.467 e. The van der Waals surface area contributed by atoms with E-state index in [9.17, 15) is 18.0 Å². The fourth-order valence-electron chi connectivity index (χ4n) is 1.29. The summed E-state index contributed by atoms with van der Waals surface area (Å²) in [4.78, 5) is 11.2. The summed E-state index contributed by atoms with van der Waals surface area (Å²) in [6.45, 7) is 1.67. The van der Waals surface area contributed by atoms with Gasteiger partial charge in [-0.3, -0.25) is 0 Å². The molecule has 0 saturated heterocycles. The quantitative estimate of drug-likeness (QED) is 0.656. The molecule has 0 aliphatic carbocycles. The van der Waals surface area contributed by atoms with Gasteiger partial charge in [-0.15, -0.1) is 0 Å². The van der Waals surface area contributed by atoms with Crippen molar-refractivity contribution in [1.29, 1.82) is 0 Å². The molecule has 0 spiro atoms. The molecule has 17 heavy (non-hydrogen) atoms. The smallest absolute Gasteiger partial charge is 0.328 e. The topological polar surface area (TPSA) is 38.3 Å². The number of carbonyl (C=O) groups excluding carboxylic acids is 1. The number of methoxy groups -OCH3 is 1. The summed E-state index contributed by atoms with van der Waals surface area (Å²) in [6.07, 6.45) is 0.325. The first kappa shape index (κ1) is 13.3. The SMILES string of the molecule is CCC(Nc1ccc(F)c(F)c1F)C(=O)OC. The normalized spacial score (nSPS) is 12.1. The van der Waals surface area contributed by atoms with E-state index in [1.54, 1.807) is 6.92 Å². The van der Waals surface area contributed by atoms with Crippen molar-refractivity contribution in [3.8, 4) is 0 Å². The Morgan fingerprint density at radius 1 is 1.35 bits per heavy atom. The number of esters is 1. The number of ether oxygens (including phenoxy) is 1. The van der Waals surface area contributed by atoms with Crippen molar-refractivity contribution >= 4 is 11.7 Å². The number of carbonyl (C=O) groups is 1. The van der Waals surface area contributed by atoms with E-state index in [1.165, 1.54) is 7.11 Å². The van der Waals surface area contributed by atoms with E-state index >= 15 is 0 Å². The van der Waals surface area contributed by atoms with Gasteiger partial charge in [-0.1, -0.05) is 6.92 Å². The minimum atomic E-state index is -1.57. The highest BCUT2D eigenvalue weighted by Gasteiger charge is 2.20. The van der Waals surface area contributed by atoms with Crippen LogP contribution in [-0.4, -0.2) is 19.1 Å². The summed E-state index contributed by atoms with van der Waals surface area (Å²) in [5, 5.41) is 2.46. The van der Waals surface area contributed by atoms with Crippen LogP contribution in [0.1, 0.15) is 13.3 Å².